The van der Waals surface area contributed by atoms with E-state index in [1.807, 2.05) is 37.3 Å². The van der Waals surface area contributed by atoms with E-state index >= 15 is 0 Å². The smallest absolute Gasteiger partial charge is 0.234 e. The number of rotatable bonds is 10. The van der Waals surface area contributed by atoms with Crippen LogP contribution in [0.1, 0.15) is 12.5 Å². The maximum atomic E-state index is 12.2. The lowest BCUT2D eigenvalue weighted by molar-refractivity contribution is -0.122. The van der Waals surface area contributed by atoms with Crippen molar-refractivity contribution in [2.75, 3.05) is 52.5 Å². The van der Waals surface area contributed by atoms with Crippen LogP contribution in [0.2, 0.25) is 0 Å². The van der Waals surface area contributed by atoms with Crippen molar-refractivity contribution in [3.8, 4) is 11.5 Å². The first-order valence-electron chi connectivity index (χ1n) is 10.3. The van der Waals surface area contributed by atoms with Gasteiger partial charge in [-0.25, -0.2) is 0 Å². The number of carbonyl (C=O) groups is 1. The predicted octanol–water partition coefficient (Wildman–Crippen LogP) is 2.40. The third kappa shape index (κ3) is 7.40. The SMILES string of the molecule is CCOc1ccc(OCCNC(=O)CN2CCN(Cc3ccccc3)CC2)cc1. The van der Waals surface area contributed by atoms with Crippen LogP contribution in [0.4, 0.5) is 0 Å². The first-order valence-corrected chi connectivity index (χ1v) is 10.3. The van der Waals surface area contributed by atoms with E-state index in [4.69, 9.17) is 9.47 Å². The molecule has 1 heterocycles. The number of amides is 1. The number of hydrogen-bond donors (Lipinski definition) is 1. The van der Waals surface area contributed by atoms with E-state index in [0.29, 0.717) is 26.3 Å². The monoisotopic (exact) mass is 397 g/mol. The standard InChI is InChI=1S/C23H31N3O3/c1-2-28-21-8-10-22(11-9-21)29-17-12-24-23(27)19-26-15-13-25(14-16-26)18-20-6-4-3-5-7-20/h3-11H,2,12-19H2,1H3,(H,24,27). The lowest BCUT2D eigenvalue weighted by Crippen LogP contribution is -2.49. The van der Waals surface area contributed by atoms with Gasteiger partial charge in [-0.3, -0.25) is 14.6 Å². The number of hydrogen-bond acceptors (Lipinski definition) is 5. The third-order valence-electron chi connectivity index (χ3n) is 4.91. The molecule has 0 aliphatic carbocycles. The molecule has 6 heteroatoms. The normalized spacial score (nSPS) is 15.1. The van der Waals surface area contributed by atoms with Gasteiger partial charge in [-0.15, -0.1) is 0 Å². The molecule has 0 aromatic heterocycles. The number of piperazine rings is 1. The van der Waals surface area contributed by atoms with Crippen molar-refractivity contribution >= 4 is 5.91 Å². The maximum Gasteiger partial charge on any atom is 0.234 e. The molecule has 1 N–H and O–H groups in total. The van der Waals surface area contributed by atoms with Crippen molar-refractivity contribution in [2.45, 2.75) is 13.5 Å². The van der Waals surface area contributed by atoms with Crippen LogP contribution >= 0.6 is 0 Å². The molecule has 3 rings (SSSR count). The predicted molar refractivity (Wildman–Crippen MR) is 114 cm³/mol. The summed E-state index contributed by atoms with van der Waals surface area (Å²) >= 11 is 0. The molecule has 0 radical (unpaired) electrons. The van der Waals surface area contributed by atoms with E-state index in [9.17, 15) is 4.79 Å². The molecule has 6 nitrogen and oxygen atoms in total. The Morgan fingerprint density at radius 3 is 2.17 bits per heavy atom. The van der Waals surface area contributed by atoms with Crippen LogP contribution in [0.3, 0.4) is 0 Å². The summed E-state index contributed by atoms with van der Waals surface area (Å²) in [7, 11) is 0. The van der Waals surface area contributed by atoms with Crippen molar-refractivity contribution in [3.05, 3.63) is 60.2 Å². The van der Waals surface area contributed by atoms with Crippen LogP contribution < -0.4 is 14.8 Å². The van der Waals surface area contributed by atoms with E-state index in [-0.39, 0.29) is 5.91 Å². The Morgan fingerprint density at radius 1 is 0.897 bits per heavy atom. The summed E-state index contributed by atoms with van der Waals surface area (Å²) in [5.74, 6) is 1.66. The highest BCUT2D eigenvalue weighted by Gasteiger charge is 2.18. The summed E-state index contributed by atoms with van der Waals surface area (Å²) in [6.07, 6.45) is 0. The van der Waals surface area contributed by atoms with Crippen LogP contribution in [-0.4, -0.2) is 68.2 Å². The molecule has 2 aromatic rings. The number of carbonyl (C=O) groups excluding carboxylic acids is 1. The molecule has 1 amide bonds. The molecule has 0 spiro atoms. The first kappa shape index (κ1) is 21.1. The Kier molecular flexibility index (Phi) is 8.34. The molecule has 1 saturated heterocycles. The highest BCUT2D eigenvalue weighted by Crippen LogP contribution is 2.17. The van der Waals surface area contributed by atoms with E-state index < -0.39 is 0 Å². The van der Waals surface area contributed by atoms with Crippen molar-refractivity contribution in [3.63, 3.8) is 0 Å². The van der Waals surface area contributed by atoms with Crippen LogP contribution in [0.15, 0.2) is 54.6 Å². The number of benzene rings is 2. The Balaban J connectivity index is 1.27. The molecular formula is C23H31N3O3. The van der Waals surface area contributed by atoms with Crippen LogP contribution in [0.5, 0.6) is 11.5 Å². The van der Waals surface area contributed by atoms with Gasteiger partial charge < -0.3 is 14.8 Å². The fourth-order valence-electron chi connectivity index (χ4n) is 3.36. The number of nitrogens with zero attached hydrogens (tertiary/aromatic N) is 2. The van der Waals surface area contributed by atoms with Gasteiger partial charge in [0.2, 0.25) is 5.91 Å². The molecule has 2 aromatic carbocycles. The molecule has 0 saturated carbocycles. The molecule has 0 bridgehead atoms. The summed E-state index contributed by atoms with van der Waals surface area (Å²) in [5, 5.41) is 2.94. The van der Waals surface area contributed by atoms with E-state index in [1.54, 1.807) is 0 Å². The van der Waals surface area contributed by atoms with Gasteiger partial charge in [0.05, 0.1) is 19.7 Å². The zero-order valence-corrected chi connectivity index (χ0v) is 17.2. The summed E-state index contributed by atoms with van der Waals surface area (Å²) < 4.78 is 11.1. The van der Waals surface area contributed by atoms with Gasteiger partial charge in [-0.2, -0.15) is 0 Å². The minimum atomic E-state index is 0.0526. The Labute approximate surface area is 173 Å². The molecule has 1 aliphatic rings. The fraction of sp³-hybridized carbons (Fsp3) is 0.435. The molecule has 0 unspecified atom stereocenters. The topological polar surface area (TPSA) is 54.0 Å². The zero-order valence-electron chi connectivity index (χ0n) is 17.2. The second-order valence-corrected chi connectivity index (χ2v) is 7.14. The van der Waals surface area contributed by atoms with E-state index in [1.165, 1.54) is 5.56 Å². The van der Waals surface area contributed by atoms with Crippen molar-refractivity contribution in [2.24, 2.45) is 0 Å². The summed E-state index contributed by atoms with van der Waals surface area (Å²) in [6, 6.07) is 18.0. The summed E-state index contributed by atoms with van der Waals surface area (Å²) in [5.41, 5.74) is 1.34. The van der Waals surface area contributed by atoms with Gasteiger partial charge in [-0.05, 0) is 36.8 Å². The van der Waals surface area contributed by atoms with Crippen molar-refractivity contribution in [1.82, 2.24) is 15.1 Å². The number of ether oxygens (including phenoxy) is 2. The largest absolute Gasteiger partial charge is 0.494 e. The van der Waals surface area contributed by atoms with Crippen LogP contribution in [0, 0.1) is 0 Å². The van der Waals surface area contributed by atoms with Gasteiger partial charge in [0, 0.05) is 32.7 Å². The number of nitrogens with one attached hydrogen (secondary N) is 1. The van der Waals surface area contributed by atoms with Crippen molar-refractivity contribution in [1.29, 1.82) is 0 Å². The second-order valence-electron chi connectivity index (χ2n) is 7.14. The van der Waals surface area contributed by atoms with E-state index in [0.717, 1.165) is 44.2 Å². The average molecular weight is 398 g/mol. The lowest BCUT2D eigenvalue weighted by Gasteiger charge is -2.34. The maximum absolute atomic E-state index is 12.2. The first-order chi connectivity index (χ1) is 14.2. The second kappa shape index (κ2) is 11.4. The highest BCUT2D eigenvalue weighted by atomic mass is 16.5. The van der Waals surface area contributed by atoms with Crippen LogP contribution in [0.25, 0.3) is 0 Å². The van der Waals surface area contributed by atoms with Crippen LogP contribution in [-0.2, 0) is 11.3 Å². The zero-order chi connectivity index (χ0) is 20.3. The summed E-state index contributed by atoms with van der Waals surface area (Å²) in [6.45, 7) is 8.79. The van der Waals surface area contributed by atoms with Gasteiger partial charge in [-0.1, -0.05) is 30.3 Å². The molecule has 0 atom stereocenters. The Hall–Kier alpha value is -2.57. The minimum Gasteiger partial charge on any atom is -0.494 e. The molecule has 1 aliphatic heterocycles. The molecule has 29 heavy (non-hydrogen) atoms. The molecular weight excluding hydrogens is 366 g/mol. The Morgan fingerprint density at radius 2 is 1.52 bits per heavy atom. The van der Waals surface area contributed by atoms with E-state index in [2.05, 4.69) is 39.4 Å². The molecule has 1 fully saturated rings. The lowest BCUT2D eigenvalue weighted by atomic mass is 10.2. The summed E-state index contributed by atoms with van der Waals surface area (Å²) in [4.78, 5) is 16.8. The quantitative estimate of drug-likeness (QED) is 0.624. The highest BCUT2D eigenvalue weighted by molar-refractivity contribution is 5.78. The van der Waals surface area contributed by atoms with Gasteiger partial charge >= 0.3 is 0 Å². The van der Waals surface area contributed by atoms with Gasteiger partial charge in [0.1, 0.15) is 18.1 Å². The Bertz CT molecular complexity index is 729. The third-order valence-corrected chi connectivity index (χ3v) is 4.91. The minimum absolute atomic E-state index is 0.0526. The fourth-order valence-corrected chi connectivity index (χ4v) is 3.36. The van der Waals surface area contributed by atoms with Gasteiger partial charge in [0.25, 0.3) is 0 Å². The average Bonchev–Trinajstić information content (AvgIpc) is 2.75. The van der Waals surface area contributed by atoms with Gasteiger partial charge in [0.15, 0.2) is 0 Å². The van der Waals surface area contributed by atoms with Crippen molar-refractivity contribution < 1.29 is 14.3 Å². The molecule has 156 valence electrons.